The van der Waals surface area contributed by atoms with Crippen LogP contribution in [0.2, 0.25) is 10.4 Å². The first-order valence-electron chi connectivity index (χ1n) is 7.21. The quantitative estimate of drug-likeness (QED) is 0.655. The zero-order chi connectivity index (χ0) is 13.6. The second-order valence-electron chi connectivity index (χ2n) is 5.26. The number of hydrogen-bond acceptors (Lipinski definition) is 0. The summed E-state index contributed by atoms with van der Waals surface area (Å²) in [6.07, 6.45) is 0. The van der Waals surface area contributed by atoms with E-state index in [4.69, 9.17) is 0 Å². The van der Waals surface area contributed by atoms with E-state index < -0.39 is 13.6 Å². The van der Waals surface area contributed by atoms with Crippen molar-refractivity contribution in [1.82, 2.24) is 0 Å². The van der Waals surface area contributed by atoms with Gasteiger partial charge in [0.05, 0.1) is 0 Å². The fraction of sp³-hybridized carbons (Fsp3) is 0.333. The van der Waals surface area contributed by atoms with E-state index in [0.29, 0.717) is 0 Å². The molecule has 0 bridgehead atoms. The van der Waals surface area contributed by atoms with Crippen LogP contribution in [0.1, 0.15) is 25.0 Å². The predicted molar refractivity (Wildman–Crippen MR) is 87.0 cm³/mol. The van der Waals surface area contributed by atoms with E-state index in [1.807, 2.05) is 0 Å². The summed E-state index contributed by atoms with van der Waals surface area (Å²) in [4.78, 5) is 0. The molecule has 0 aliphatic rings. The molecule has 0 saturated heterocycles. The monoisotopic (exact) mass is 315 g/mol. The fourth-order valence-corrected chi connectivity index (χ4v) is 9.85. The van der Waals surface area contributed by atoms with E-state index in [2.05, 4.69) is 74.5 Å². The summed E-state index contributed by atoms with van der Waals surface area (Å²) in [5, 5.41) is 5.50. The van der Waals surface area contributed by atoms with Crippen LogP contribution in [0.15, 0.2) is 60.7 Å². The van der Waals surface area contributed by atoms with Crippen LogP contribution in [0.25, 0.3) is 0 Å². The molecular weight excluding hydrogens is 291 g/mol. The zero-order valence-corrected chi connectivity index (χ0v) is 13.9. The Morgan fingerprint density at radius 2 is 1.00 bits per heavy atom. The van der Waals surface area contributed by atoms with E-state index in [9.17, 15) is 0 Å². The molecule has 0 heterocycles. The molecule has 0 spiro atoms. The van der Waals surface area contributed by atoms with Crippen molar-refractivity contribution >= 4 is 13.6 Å². The van der Waals surface area contributed by atoms with E-state index >= 15 is 0 Å². The van der Waals surface area contributed by atoms with E-state index in [1.165, 1.54) is 32.0 Å². The van der Waals surface area contributed by atoms with Gasteiger partial charge in [0.25, 0.3) is 0 Å². The van der Waals surface area contributed by atoms with Crippen LogP contribution in [0.4, 0.5) is 0 Å². The molecule has 0 fully saturated rings. The fourth-order valence-electron chi connectivity index (χ4n) is 2.67. The maximum atomic E-state index is 2.41. The molecule has 0 nitrogen and oxygen atoms in total. The zero-order valence-electron chi connectivity index (χ0n) is 12.0. The van der Waals surface area contributed by atoms with Crippen LogP contribution in [0.3, 0.4) is 0 Å². The summed E-state index contributed by atoms with van der Waals surface area (Å²) in [6.45, 7) is 4.81. The van der Waals surface area contributed by atoms with Crippen molar-refractivity contribution in [3.8, 4) is 0 Å². The predicted octanol–water partition coefficient (Wildman–Crippen LogP) is 5.04. The number of benzene rings is 2. The Kier molecular flexibility index (Phi) is 5.28. The van der Waals surface area contributed by atoms with Crippen LogP contribution in [0.5, 0.6) is 0 Å². The molecule has 0 aromatic heterocycles. The van der Waals surface area contributed by atoms with Crippen molar-refractivity contribution in [3.63, 3.8) is 0 Å². The average molecular weight is 315 g/mol. The van der Waals surface area contributed by atoms with Crippen molar-refractivity contribution < 1.29 is 0 Å². The molecule has 0 saturated carbocycles. The average Bonchev–Trinajstić information content (AvgIpc) is 2.48. The first-order chi connectivity index (χ1) is 9.28. The second kappa shape index (κ2) is 6.96. The molecule has 0 N–H and O–H groups in total. The molecule has 0 radical (unpaired) electrons. The minimum atomic E-state index is -1.61. The molecule has 1 heteroatoms. The van der Waals surface area contributed by atoms with Crippen LogP contribution < -0.4 is 0 Å². The van der Waals surface area contributed by atoms with Crippen LogP contribution in [-0.4, -0.2) is 13.6 Å². The third kappa shape index (κ3) is 3.98. The summed E-state index contributed by atoms with van der Waals surface area (Å²) < 4.78 is 0. The SMILES string of the molecule is CC[As+](CC)(Cc1ccccc1)Cc1ccccc1. The first kappa shape index (κ1) is 14.4. The first-order valence-corrected chi connectivity index (χ1v) is 12.5. The molecule has 0 aliphatic heterocycles. The standard InChI is InChI=1S/C18H24As/c1-3-19(4-2,15-17-11-7-5-8-12-17)16-18-13-9-6-10-14-18/h5-14H,3-4,15-16H2,1-2H3/q+1. The van der Waals surface area contributed by atoms with Crippen molar-refractivity contribution in [2.45, 2.75) is 34.7 Å². The van der Waals surface area contributed by atoms with E-state index in [1.54, 1.807) is 0 Å². The van der Waals surface area contributed by atoms with Gasteiger partial charge in [0, 0.05) is 0 Å². The third-order valence-electron chi connectivity index (χ3n) is 4.06. The summed E-state index contributed by atoms with van der Waals surface area (Å²) in [5.74, 6) is 0. The summed E-state index contributed by atoms with van der Waals surface area (Å²) in [7, 11) is 0. The maximum absolute atomic E-state index is 2.41. The molecule has 19 heavy (non-hydrogen) atoms. The van der Waals surface area contributed by atoms with E-state index in [-0.39, 0.29) is 0 Å². The topological polar surface area (TPSA) is 0 Å². The third-order valence-corrected chi connectivity index (χ3v) is 14.0. The van der Waals surface area contributed by atoms with Crippen molar-refractivity contribution in [2.24, 2.45) is 0 Å². The summed E-state index contributed by atoms with van der Waals surface area (Å²) >= 11 is -1.61. The van der Waals surface area contributed by atoms with Gasteiger partial charge in [-0.1, -0.05) is 0 Å². The van der Waals surface area contributed by atoms with Gasteiger partial charge in [0.2, 0.25) is 0 Å². The molecule has 0 atom stereocenters. The molecule has 2 aromatic rings. The van der Waals surface area contributed by atoms with Gasteiger partial charge in [0.1, 0.15) is 0 Å². The second-order valence-corrected chi connectivity index (χ2v) is 14.9. The molecule has 0 aliphatic carbocycles. The Morgan fingerprint density at radius 3 is 1.32 bits per heavy atom. The molecule has 0 unspecified atom stereocenters. The van der Waals surface area contributed by atoms with Gasteiger partial charge in [-0.25, -0.2) is 0 Å². The van der Waals surface area contributed by atoms with Crippen molar-refractivity contribution in [1.29, 1.82) is 0 Å². The van der Waals surface area contributed by atoms with Crippen molar-refractivity contribution in [2.75, 3.05) is 0 Å². The van der Waals surface area contributed by atoms with Gasteiger partial charge in [0.15, 0.2) is 0 Å². The Hall–Kier alpha value is -1.00. The van der Waals surface area contributed by atoms with E-state index in [0.717, 1.165) is 0 Å². The van der Waals surface area contributed by atoms with Crippen LogP contribution in [-0.2, 0) is 10.4 Å². The molecule has 2 aromatic carbocycles. The Morgan fingerprint density at radius 1 is 0.632 bits per heavy atom. The van der Waals surface area contributed by atoms with Crippen molar-refractivity contribution in [3.05, 3.63) is 71.8 Å². The van der Waals surface area contributed by atoms with Gasteiger partial charge in [-0.15, -0.1) is 0 Å². The normalized spacial score (nSPS) is 11.5. The Balaban J connectivity index is 2.18. The van der Waals surface area contributed by atoms with Gasteiger partial charge in [-0.2, -0.15) is 0 Å². The summed E-state index contributed by atoms with van der Waals surface area (Å²) in [6, 6.07) is 22.1. The van der Waals surface area contributed by atoms with Gasteiger partial charge < -0.3 is 0 Å². The molecule has 2 rings (SSSR count). The Labute approximate surface area is 120 Å². The molecular formula is C18H24As+. The molecule has 0 amide bonds. The van der Waals surface area contributed by atoms with Crippen LogP contribution >= 0.6 is 0 Å². The van der Waals surface area contributed by atoms with Gasteiger partial charge in [-0.3, -0.25) is 0 Å². The Bertz CT molecular complexity index is 428. The van der Waals surface area contributed by atoms with Gasteiger partial charge >= 0.3 is 120 Å². The molecule has 100 valence electrons. The van der Waals surface area contributed by atoms with Crippen LogP contribution in [0, 0.1) is 0 Å². The number of rotatable bonds is 6. The summed E-state index contributed by atoms with van der Waals surface area (Å²) in [5.41, 5.74) is 3.07. The minimum absolute atomic E-state index is 1.35. The van der Waals surface area contributed by atoms with Gasteiger partial charge in [-0.05, 0) is 0 Å². The number of hydrogen-bond donors (Lipinski definition) is 0.